The average Bonchev–Trinajstić information content (AvgIpc) is 2.95. The lowest BCUT2D eigenvalue weighted by Crippen LogP contribution is -2.27. The van der Waals surface area contributed by atoms with Gasteiger partial charge in [0.2, 0.25) is 5.91 Å². The van der Waals surface area contributed by atoms with Crippen molar-refractivity contribution >= 4 is 47.7 Å². The molecule has 1 aromatic carbocycles. The molecule has 7 heteroatoms. The van der Waals surface area contributed by atoms with E-state index in [9.17, 15) is 4.79 Å². The summed E-state index contributed by atoms with van der Waals surface area (Å²) in [4.78, 5) is 16.5. The second-order valence-corrected chi connectivity index (χ2v) is 5.95. The zero-order valence-corrected chi connectivity index (χ0v) is 15.7. The lowest BCUT2D eigenvalue weighted by molar-refractivity contribution is -0.121. The van der Waals surface area contributed by atoms with Crippen LogP contribution in [0.15, 0.2) is 29.6 Å². The predicted molar refractivity (Wildman–Crippen MR) is 102 cm³/mol. The van der Waals surface area contributed by atoms with Gasteiger partial charge in [0, 0.05) is 17.5 Å². The lowest BCUT2D eigenvalue weighted by Gasteiger charge is -2.12. The van der Waals surface area contributed by atoms with Crippen LogP contribution >= 0.6 is 36.2 Å². The molecular formula is C16H23Cl2N3OS. The molecule has 1 atom stereocenters. The number of rotatable bonds is 6. The smallest absolute Gasteiger partial charge is 0.220 e. The van der Waals surface area contributed by atoms with Crippen molar-refractivity contribution in [3.05, 3.63) is 45.9 Å². The third-order valence-electron chi connectivity index (χ3n) is 3.37. The summed E-state index contributed by atoms with van der Waals surface area (Å²) >= 11 is 1.64. The highest BCUT2D eigenvalue weighted by Gasteiger charge is 2.13. The molecule has 128 valence electrons. The summed E-state index contributed by atoms with van der Waals surface area (Å²) < 4.78 is 0. The lowest BCUT2D eigenvalue weighted by atomic mass is 10.1. The fraction of sp³-hybridized carbons (Fsp3) is 0.375. The summed E-state index contributed by atoms with van der Waals surface area (Å²) in [6.07, 6.45) is 2.02. The number of halogens is 2. The number of aryl methyl sites for hydroxylation is 2. The number of nitrogens with one attached hydrogen (secondary N) is 1. The summed E-state index contributed by atoms with van der Waals surface area (Å²) in [5.41, 5.74) is 8.57. The molecule has 0 aliphatic heterocycles. The van der Waals surface area contributed by atoms with Crippen molar-refractivity contribution in [1.82, 2.24) is 10.3 Å². The van der Waals surface area contributed by atoms with E-state index < -0.39 is 0 Å². The Hall–Kier alpha value is -1.30. The monoisotopic (exact) mass is 375 g/mol. The number of nitrogens with zero attached hydrogens (tertiary/aromatic N) is 1. The molecule has 1 aromatic heterocycles. The van der Waals surface area contributed by atoms with Gasteiger partial charge in [-0.05, 0) is 31.4 Å². The van der Waals surface area contributed by atoms with Crippen molar-refractivity contribution in [2.24, 2.45) is 0 Å². The first kappa shape index (κ1) is 21.7. The van der Waals surface area contributed by atoms with Crippen LogP contribution in [0.3, 0.4) is 0 Å². The minimum absolute atomic E-state index is 0. The van der Waals surface area contributed by atoms with Crippen LogP contribution in [0, 0.1) is 0 Å². The van der Waals surface area contributed by atoms with Crippen molar-refractivity contribution in [1.29, 1.82) is 0 Å². The van der Waals surface area contributed by atoms with E-state index in [1.54, 1.807) is 11.3 Å². The van der Waals surface area contributed by atoms with Crippen molar-refractivity contribution in [2.45, 2.75) is 39.2 Å². The van der Waals surface area contributed by atoms with Crippen molar-refractivity contribution in [2.75, 3.05) is 5.73 Å². The average molecular weight is 376 g/mol. The molecular weight excluding hydrogens is 353 g/mol. The Morgan fingerprint density at radius 2 is 2.04 bits per heavy atom. The molecule has 0 radical (unpaired) electrons. The van der Waals surface area contributed by atoms with E-state index in [0.717, 1.165) is 28.4 Å². The molecule has 0 aliphatic carbocycles. The van der Waals surface area contributed by atoms with E-state index in [1.165, 1.54) is 0 Å². The highest BCUT2D eigenvalue weighted by molar-refractivity contribution is 7.09. The highest BCUT2D eigenvalue weighted by Crippen LogP contribution is 2.17. The van der Waals surface area contributed by atoms with Gasteiger partial charge in [0.05, 0.1) is 16.7 Å². The summed E-state index contributed by atoms with van der Waals surface area (Å²) in [6.45, 7) is 4.04. The zero-order valence-electron chi connectivity index (χ0n) is 13.2. The number of carbonyl (C=O) groups is 1. The predicted octanol–water partition coefficient (Wildman–Crippen LogP) is 3.94. The van der Waals surface area contributed by atoms with Crippen LogP contribution in [0.2, 0.25) is 0 Å². The first-order valence-corrected chi connectivity index (χ1v) is 8.05. The number of hydrogen-bond acceptors (Lipinski definition) is 4. The summed E-state index contributed by atoms with van der Waals surface area (Å²) in [7, 11) is 0. The van der Waals surface area contributed by atoms with Crippen molar-refractivity contribution in [3.8, 4) is 0 Å². The fourth-order valence-corrected chi connectivity index (χ4v) is 2.92. The number of amides is 1. The second-order valence-electron chi connectivity index (χ2n) is 5.01. The van der Waals surface area contributed by atoms with Crippen LogP contribution in [0.25, 0.3) is 0 Å². The minimum atomic E-state index is -0.0535. The molecule has 3 N–H and O–H groups in total. The first-order valence-electron chi connectivity index (χ1n) is 7.17. The maximum absolute atomic E-state index is 12.0. The van der Waals surface area contributed by atoms with E-state index in [0.29, 0.717) is 12.8 Å². The van der Waals surface area contributed by atoms with Gasteiger partial charge >= 0.3 is 0 Å². The molecule has 0 fully saturated rings. The van der Waals surface area contributed by atoms with E-state index in [-0.39, 0.29) is 36.8 Å². The molecule has 0 aliphatic rings. The normalized spacial score (nSPS) is 11.0. The van der Waals surface area contributed by atoms with Gasteiger partial charge in [-0.25, -0.2) is 4.98 Å². The Morgan fingerprint density at radius 1 is 1.35 bits per heavy atom. The van der Waals surface area contributed by atoms with Crippen LogP contribution < -0.4 is 11.1 Å². The Bertz CT molecular complexity index is 619. The molecule has 0 spiro atoms. The summed E-state index contributed by atoms with van der Waals surface area (Å²) in [5, 5.41) is 6.10. The SMILES string of the molecule is CCc1nc(C(C)NC(=O)CCc2ccccc2N)cs1.Cl.Cl. The minimum Gasteiger partial charge on any atom is -0.399 e. The third kappa shape index (κ3) is 6.37. The molecule has 23 heavy (non-hydrogen) atoms. The maximum atomic E-state index is 12.0. The highest BCUT2D eigenvalue weighted by atomic mass is 35.5. The Morgan fingerprint density at radius 3 is 2.65 bits per heavy atom. The van der Waals surface area contributed by atoms with E-state index in [4.69, 9.17) is 5.73 Å². The van der Waals surface area contributed by atoms with Gasteiger partial charge in [0.15, 0.2) is 0 Å². The first-order chi connectivity index (χ1) is 10.1. The Labute approximate surface area is 153 Å². The molecule has 0 saturated carbocycles. The molecule has 0 bridgehead atoms. The van der Waals surface area contributed by atoms with Crippen molar-refractivity contribution in [3.63, 3.8) is 0 Å². The van der Waals surface area contributed by atoms with E-state index >= 15 is 0 Å². The zero-order chi connectivity index (χ0) is 15.2. The van der Waals surface area contributed by atoms with Crippen molar-refractivity contribution < 1.29 is 4.79 Å². The van der Waals surface area contributed by atoms with Gasteiger partial charge < -0.3 is 11.1 Å². The number of nitrogens with two attached hydrogens (primary N) is 1. The van der Waals surface area contributed by atoms with Crippen LogP contribution in [0.1, 0.15) is 42.6 Å². The Balaban J connectivity index is 0.00000242. The standard InChI is InChI=1S/C16H21N3OS.2ClH/c1-3-16-19-14(10-21-16)11(2)18-15(20)9-8-12-6-4-5-7-13(12)17;;/h4-7,10-11H,3,8-9,17H2,1-2H3,(H,18,20);2*1H. The Kier molecular flexibility index (Phi) is 9.88. The molecule has 2 rings (SSSR count). The molecule has 1 amide bonds. The largest absolute Gasteiger partial charge is 0.399 e. The van der Waals surface area contributed by atoms with Crippen LogP contribution in [-0.4, -0.2) is 10.9 Å². The van der Waals surface area contributed by atoms with Crippen LogP contribution in [0.4, 0.5) is 5.69 Å². The number of para-hydroxylation sites is 1. The third-order valence-corrected chi connectivity index (χ3v) is 4.38. The second kappa shape index (κ2) is 10.5. The molecule has 1 heterocycles. The molecule has 2 aromatic rings. The van der Waals surface area contributed by atoms with E-state index in [2.05, 4.69) is 17.2 Å². The number of aromatic nitrogens is 1. The van der Waals surface area contributed by atoms with Crippen LogP contribution in [-0.2, 0) is 17.6 Å². The number of anilines is 1. The number of thiazole rings is 1. The fourth-order valence-electron chi connectivity index (χ4n) is 2.08. The number of hydrogen-bond donors (Lipinski definition) is 2. The molecule has 1 unspecified atom stereocenters. The molecule has 4 nitrogen and oxygen atoms in total. The molecule has 0 saturated heterocycles. The van der Waals surface area contributed by atoms with Crippen LogP contribution in [0.5, 0.6) is 0 Å². The van der Waals surface area contributed by atoms with E-state index in [1.807, 2.05) is 36.6 Å². The topological polar surface area (TPSA) is 68.0 Å². The number of carbonyl (C=O) groups excluding carboxylic acids is 1. The number of benzene rings is 1. The van der Waals surface area contributed by atoms with Gasteiger partial charge in [-0.2, -0.15) is 0 Å². The number of nitrogen functional groups attached to an aromatic ring is 1. The van der Waals surface area contributed by atoms with Gasteiger partial charge in [-0.15, -0.1) is 36.2 Å². The summed E-state index contributed by atoms with van der Waals surface area (Å²) in [5.74, 6) is 0.0248. The van der Waals surface area contributed by atoms with Gasteiger partial charge in [0.25, 0.3) is 0 Å². The maximum Gasteiger partial charge on any atom is 0.220 e. The van der Waals surface area contributed by atoms with Gasteiger partial charge in [-0.1, -0.05) is 25.1 Å². The summed E-state index contributed by atoms with van der Waals surface area (Å²) in [6, 6.07) is 7.60. The van der Waals surface area contributed by atoms with Gasteiger partial charge in [-0.3, -0.25) is 4.79 Å². The quantitative estimate of drug-likeness (QED) is 0.751. The van der Waals surface area contributed by atoms with Gasteiger partial charge in [0.1, 0.15) is 0 Å².